The van der Waals surface area contributed by atoms with Crippen molar-refractivity contribution in [1.29, 1.82) is 0 Å². The highest BCUT2D eigenvalue weighted by Gasteiger charge is 2.23. The number of methoxy groups -OCH3 is 1. The minimum atomic E-state index is -0.249. The predicted octanol–water partition coefficient (Wildman–Crippen LogP) is 6.15. The van der Waals surface area contributed by atoms with Gasteiger partial charge in [0.1, 0.15) is 17.3 Å². The van der Waals surface area contributed by atoms with Crippen molar-refractivity contribution in [3.63, 3.8) is 0 Å². The lowest BCUT2D eigenvalue weighted by Gasteiger charge is -2.23. The van der Waals surface area contributed by atoms with Crippen LogP contribution >= 0.6 is 0 Å². The summed E-state index contributed by atoms with van der Waals surface area (Å²) in [6.45, 7) is 18.0. The van der Waals surface area contributed by atoms with E-state index in [1.54, 1.807) is 26.2 Å². The Morgan fingerprint density at radius 3 is 2.20 bits per heavy atom. The third-order valence-electron chi connectivity index (χ3n) is 4.47. The molecule has 1 aromatic rings. The van der Waals surface area contributed by atoms with E-state index in [-0.39, 0.29) is 16.9 Å². The molecule has 0 unspecified atom stereocenters. The largest absolute Gasteiger partial charge is 0.508 e. The van der Waals surface area contributed by atoms with E-state index in [2.05, 4.69) is 20.4 Å². The molecule has 0 bridgehead atoms. The molecule has 0 heterocycles. The molecule has 0 radical (unpaired) electrons. The van der Waals surface area contributed by atoms with Crippen LogP contribution in [0, 0.1) is 5.92 Å². The first-order valence-corrected chi connectivity index (χ1v) is 8.59. The van der Waals surface area contributed by atoms with Gasteiger partial charge in [0.2, 0.25) is 0 Å². The van der Waals surface area contributed by atoms with Crippen LogP contribution in [-0.2, 0) is 5.41 Å². The number of phenolic OH excluding ortho intramolecular Hbond substituents is 1. The third kappa shape index (κ3) is 4.91. The molecule has 138 valence electrons. The number of aliphatic hydroxyl groups excluding tert-OH is 1. The molecule has 0 aromatic heterocycles. The molecule has 0 aliphatic carbocycles. The zero-order valence-electron chi connectivity index (χ0n) is 16.8. The number of allylic oxidation sites excluding steroid dienone is 4. The second kappa shape index (κ2) is 7.81. The van der Waals surface area contributed by atoms with E-state index in [4.69, 9.17) is 4.74 Å². The van der Waals surface area contributed by atoms with Gasteiger partial charge in [0, 0.05) is 16.7 Å². The van der Waals surface area contributed by atoms with Gasteiger partial charge in [0.05, 0.1) is 7.11 Å². The first kappa shape index (κ1) is 20.9. The van der Waals surface area contributed by atoms with E-state index in [9.17, 15) is 10.2 Å². The average molecular weight is 344 g/mol. The van der Waals surface area contributed by atoms with Crippen molar-refractivity contribution in [1.82, 2.24) is 0 Å². The van der Waals surface area contributed by atoms with Crippen molar-refractivity contribution < 1.29 is 14.9 Å². The van der Waals surface area contributed by atoms with E-state index < -0.39 is 0 Å². The van der Waals surface area contributed by atoms with Gasteiger partial charge in [-0.05, 0) is 54.5 Å². The van der Waals surface area contributed by atoms with Crippen LogP contribution in [0.1, 0.15) is 59.6 Å². The van der Waals surface area contributed by atoms with Crippen molar-refractivity contribution in [3.05, 3.63) is 52.8 Å². The van der Waals surface area contributed by atoms with Crippen LogP contribution in [-0.4, -0.2) is 17.3 Å². The van der Waals surface area contributed by atoms with Gasteiger partial charge < -0.3 is 14.9 Å². The number of aromatic hydroxyl groups is 1. The molecular weight excluding hydrogens is 312 g/mol. The molecule has 3 nitrogen and oxygen atoms in total. The SMILES string of the molecule is C=C(/C(C)=C\C(O)=C(/C)c1cc(OC)cc(C(C)(C)C)c1O)C(C)C. The molecule has 0 aliphatic heterocycles. The lowest BCUT2D eigenvalue weighted by molar-refractivity contribution is 0.404. The molecule has 25 heavy (non-hydrogen) atoms. The van der Waals surface area contributed by atoms with Gasteiger partial charge in [0.25, 0.3) is 0 Å². The summed E-state index contributed by atoms with van der Waals surface area (Å²) in [5, 5.41) is 21.3. The van der Waals surface area contributed by atoms with Crippen molar-refractivity contribution in [2.75, 3.05) is 7.11 Å². The maximum atomic E-state index is 10.8. The summed E-state index contributed by atoms with van der Waals surface area (Å²) in [5.74, 6) is 1.24. The van der Waals surface area contributed by atoms with E-state index in [1.807, 2.05) is 33.8 Å². The lowest BCUT2D eigenvalue weighted by Crippen LogP contribution is -2.12. The van der Waals surface area contributed by atoms with Crippen LogP contribution in [0.3, 0.4) is 0 Å². The van der Waals surface area contributed by atoms with Crippen LogP contribution < -0.4 is 4.74 Å². The molecule has 0 saturated heterocycles. The Balaban J connectivity index is 3.53. The highest BCUT2D eigenvalue weighted by atomic mass is 16.5. The molecule has 0 amide bonds. The summed E-state index contributed by atoms with van der Waals surface area (Å²) < 4.78 is 5.38. The van der Waals surface area contributed by atoms with Gasteiger partial charge in [0.15, 0.2) is 0 Å². The van der Waals surface area contributed by atoms with Crippen molar-refractivity contribution in [2.45, 2.75) is 53.9 Å². The second-order valence-electron chi connectivity index (χ2n) is 7.84. The number of ether oxygens (including phenoxy) is 1. The van der Waals surface area contributed by atoms with Gasteiger partial charge in [-0.15, -0.1) is 0 Å². The molecule has 0 saturated carbocycles. The van der Waals surface area contributed by atoms with Crippen molar-refractivity contribution in [2.24, 2.45) is 5.92 Å². The van der Waals surface area contributed by atoms with Gasteiger partial charge in [-0.1, -0.05) is 41.2 Å². The van der Waals surface area contributed by atoms with Crippen molar-refractivity contribution >= 4 is 5.57 Å². The quantitative estimate of drug-likeness (QED) is 0.498. The lowest BCUT2D eigenvalue weighted by atomic mass is 9.84. The number of rotatable bonds is 5. The topological polar surface area (TPSA) is 49.7 Å². The summed E-state index contributed by atoms with van der Waals surface area (Å²) in [4.78, 5) is 0. The van der Waals surface area contributed by atoms with Gasteiger partial charge in [-0.25, -0.2) is 0 Å². The minimum absolute atomic E-state index is 0.114. The number of hydrogen-bond donors (Lipinski definition) is 2. The molecule has 0 aliphatic rings. The molecule has 1 rings (SSSR count). The predicted molar refractivity (Wildman–Crippen MR) is 106 cm³/mol. The summed E-state index contributed by atoms with van der Waals surface area (Å²) in [7, 11) is 1.60. The Morgan fingerprint density at radius 2 is 1.76 bits per heavy atom. The first-order valence-electron chi connectivity index (χ1n) is 8.59. The maximum Gasteiger partial charge on any atom is 0.127 e. The van der Waals surface area contributed by atoms with Gasteiger partial charge in [-0.2, -0.15) is 0 Å². The van der Waals surface area contributed by atoms with Crippen LogP contribution in [0.2, 0.25) is 0 Å². The Bertz CT molecular complexity index is 714. The number of phenols is 1. The standard InChI is InChI=1S/C22H32O3/c1-13(2)15(4)14(3)10-20(23)16(5)18-11-17(25-9)12-19(21(18)24)22(6,7)8/h10-13,23-24H,4H2,1-3,5-9H3/b14-10-,20-16-. The molecule has 1 aromatic carbocycles. The zero-order chi connectivity index (χ0) is 19.5. The van der Waals surface area contributed by atoms with Gasteiger partial charge >= 0.3 is 0 Å². The fourth-order valence-corrected chi connectivity index (χ4v) is 2.58. The Morgan fingerprint density at radius 1 is 1.20 bits per heavy atom. The second-order valence-corrected chi connectivity index (χ2v) is 7.84. The fourth-order valence-electron chi connectivity index (χ4n) is 2.58. The highest BCUT2D eigenvalue weighted by molar-refractivity contribution is 5.75. The summed E-state index contributed by atoms with van der Waals surface area (Å²) in [6, 6.07) is 3.58. The molecule has 3 heteroatoms. The summed E-state index contributed by atoms with van der Waals surface area (Å²) in [6.07, 6.45) is 1.70. The maximum absolute atomic E-state index is 10.8. The fraction of sp³-hybridized carbons (Fsp3) is 0.455. The Kier molecular flexibility index (Phi) is 6.53. The van der Waals surface area contributed by atoms with Crippen LogP contribution in [0.25, 0.3) is 5.57 Å². The van der Waals surface area contributed by atoms with Crippen LogP contribution in [0.4, 0.5) is 0 Å². The van der Waals surface area contributed by atoms with E-state index in [1.165, 1.54) is 0 Å². The Labute approximate surface area is 152 Å². The minimum Gasteiger partial charge on any atom is -0.508 e. The van der Waals surface area contributed by atoms with Crippen LogP contribution in [0.15, 0.2) is 41.7 Å². The molecular formula is C22H32O3. The summed E-state index contributed by atoms with van der Waals surface area (Å²) >= 11 is 0. The summed E-state index contributed by atoms with van der Waals surface area (Å²) in [5.41, 5.74) is 3.59. The van der Waals surface area contributed by atoms with Crippen molar-refractivity contribution in [3.8, 4) is 11.5 Å². The van der Waals surface area contributed by atoms with Gasteiger partial charge in [-0.3, -0.25) is 0 Å². The number of hydrogen-bond acceptors (Lipinski definition) is 3. The number of aliphatic hydroxyl groups is 1. The van der Waals surface area contributed by atoms with Crippen LogP contribution in [0.5, 0.6) is 11.5 Å². The third-order valence-corrected chi connectivity index (χ3v) is 4.47. The van der Waals surface area contributed by atoms with E-state index >= 15 is 0 Å². The normalized spacial score (nSPS) is 13.7. The van der Waals surface area contributed by atoms with E-state index in [0.29, 0.717) is 22.8 Å². The first-order chi connectivity index (χ1) is 11.4. The molecule has 2 N–H and O–H groups in total. The monoisotopic (exact) mass is 344 g/mol. The molecule has 0 fully saturated rings. The molecule has 0 spiro atoms. The average Bonchev–Trinajstić information content (AvgIpc) is 2.52. The smallest absolute Gasteiger partial charge is 0.127 e. The highest BCUT2D eigenvalue weighted by Crippen LogP contribution is 2.40. The number of benzene rings is 1. The van der Waals surface area contributed by atoms with E-state index in [0.717, 1.165) is 16.7 Å². The molecule has 0 atom stereocenters. The zero-order valence-corrected chi connectivity index (χ0v) is 16.8. The Hall–Kier alpha value is -2.16.